The summed E-state index contributed by atoms with van der Waals surface area (Å²) in [5.41, 5.74) is 8.50. The van der Waals surface area contributed by atoms with Gasteiger partial charge in [0.05, 0.1) is 12.1 Å². The number of aromatic nitrogens is 3. The number of hydrogen-bond acceptors (Lipinski definition) is 5. The number of benzene rings is 1. The van der Waals surface area contributed by atoms with Crippen molar-refractivity contribution in [2.45, 2.75) is 13.3 Å². The predicted molar refractivity (Wildman–Crippen MR) is 95.8 cm³/mol. The molecule has 2 N–H and O–H groups in total. The number of hydrogen-bond donors (Lipinski definition) is 1. The van der Waals surface area contributed by atoms with Gasteiger partial charge in [-0.25, -0.2) is 9.97 Å². The molecule has 0 saturated carbocycles. The summed E-state index contributed by atoms with van der Waals surface area (Å²) in [4.78, 5) is 38.9. The van der Waals surface area contributed by atoms with Crippen LogP contribution >= 0.6 is 0 Å². The summed E-state index contributed by atoms with van der Waals surface area (Å²) in [5.74, 6) is -0.133. The number of anilines is 2. The third kappa shape index (κ3) is 2.59. The first kappa shape index (κ1) is 15.9. The van der Waals surface area contributed by atoms with E-state index in [0.717, 1.165) is 5.56 Å². The molecule has 0 spiro atoms. The minimum atomic E-state index is -0.683. The maximum Gasteiger partial charge on any atom is 0.267 e. The number of carbonyl (C=O) groups is 2. The average Bonchev–Trinajstić information content (AvgIpc) is 2.98. The lowest BCUT2D eigenvalue weighted by Gasteiger charge is -2.17. The molecule has 26 heavy (non-hydrogen) atoms. The van der Waals surface area contributed by atoms with Gasteiger partial charge in [0.15, 0.2) is 5.82 Å². The molecule has 0 aliphatic carbocycles. The van der Waals surface area contributed by atoms with Crippen LogP contribution in [0, 0.1) is 6.92 Å². The fourth-order valence-corrected chi connectivity index (χ4v) is 2.96. The molecule has 0 radical (unpaired) electrons. The quantitative estimate of drug-likeness (QED) is 0.784. The minimum Gasteiger partial charge on any atom is -0.364 e. The van der Waals surface area contributed by atoms with Crippen LogP contribution in [-0.4, -0.2) is 26.8 Å². The maximum atomic E-state index is 12.6. The second-order valence-corrected chi connectivity index (χ2v) is 6.04. The van der Waals surface area contributed by atoms with Gasteiger partial charge in [0, 0.05) is 23.5 Å². The Labute approximate surface area is 149 Å². The fraction of sp³-hybridized carbons (Fsp3) is 0.105. The number of nitrogens with zero attached hydrogens (tertiary/aromatic N) is 4. The van der Waals surface area contributed by atoms with Gasteiger partial charge in [0.1, 0.15) is 11.5 Å². The van der Waals surface area contributed by atoms with E-state index in [1.165, 1.54) is 4.90 Å². The van der Waals surface area contributed by atoms with Crippen molar-refractivity contribution in [2.24, 2.45) is 5.73 Å². The highest BCUT2D eigenvalue weighted by atomic mass is 16.2. The van der Waals surface area contributed by atoms with Crippen LogP contribution in [0.1, 0.15) is 21.6 Å². The first-order valence-corrected chi connectivity index (χ1v) is 8.05. The molecule has 1 aromatic carbocycles. The van der Waals surface area contributed by atoms with Gasteiger partial charge >= 0.3 is 0 Å². The number of fused-ring (bicyclic) bond motifs is 1. The number of aryl methyl sites for hydroxylation is 1. The number of rotatable bonds is 3. The lowest BCUT2D eigenvalue weighted by atomic mass is 10.1. The molecular formula is C19H15N5O2. The van der Waals surface area contributed by atoms with Crippen LogP contribution in [-0.2, 0) is 11.2 Å². The van der Waals surface area contributed by atoms with E-state index in [2.05, 4.69) is 15.0 Å². The van der Waals surface area contributed by atoms with Gasteiger partial charge in [-0.1, -0.05) is 17.7 Å². The standard InChI is InChI=1S/C19H15N5O2/c1-11-2-4-13(5-3-11)24-15(25)10-14-16(17(20)26)22-18(23-19(14)24)12-6-8-21-9-7-12/h2-9H,10H2,1H3,(H2,20,26). The monoisotopic (exact) mass is 345 g/mol. The largest absolute Gasteiger partial charge is 0.364 e. The van der Waals surface area contributed by atoms with Crippen LogP contribution in [0.5, 0.6) is 0 Å². The van der Waals surface area contributed by atoms with Gasteiger partial charge in [-0.3, -0.25) is 19.5 Å². The summed E-state index contributed by atoms with van der Waals surface area (Å²) >= 11 is 0. The van der Waals surface area contributed by atoms with Gasteiger partial charge in [-0.05, 0) is 31.2 Å². The molecule has 3 aromatic rings. The minimum absolute atomic E-state index is 0.0398. The van der Waals surface area contributed by atoms with Crippen molar-refractivity contribution in [3.63, 3.8) is 0 Å². The van der Waals surface area contributed by atoms with Gasteiger partial charge in [0.25, 0.3) is 5.91 Å². The summed E-state index contributed by atoms with van der Waals surface area (Å²) in [5, 5.41) is 0. The summed E-state index contributed by atoms with van der Waals surface area (Å²) < 4.78 is 0. The Kier molecular flexibility index (Phi) is 3.69. The van der Waals surface area contributed by atoms with E-state index in [9.17, 15) is 9.59 Å². The smallest absolute Gasteiger partial charge is 0.267 e. The molecule has 0 bridgehead atoms. The van der Waals surface area contributed by atoms with Crippen molar-refractivity contribution in [1.82, 2.24) is 15.0 Å². The van der Waals surface area contributed by atoms with Crippen molar-refractivity contribution in [3.8, 4) is 11.4 Å². The Morgan fingerprint density at radius 1 is 1.08 bits per heavy atom. The van der Waals surface area contributed by atoms with Gasteiger partial charge in [-0.2, -0.15) is 0 Å². The van der Waals surface area contributed by atoms with E-state index >= 15 is 0 Å². The Morgan fingerprint density at radius 3 is 2.42 bits per heavy atom. The third-order valence-corrected chi connectivity index (χ3v) is 4.24. The SMILES string of the molecule is Cc1ccc(N2C(=O)Cc3c(C(N)=O)nc(-c4ccncc4)nc32)cc1. The fourth-order valence-electron chi connectivity index (χ4n) is 2.96. The highest BCUT2D eigenvalue weighted by Crippen LogP contribution is 2.36. The molecule has 7 nitrogen and oxygen atoms in total. The zero-order valence-electron chi connectivity index (χ0n) is 14.0. The molecule has 4 rings (SSSR count). The molecule has 0 fully saturated rings. The van der Waals surface area contributed by atoms with E-state index in [1.807, 2.05) is 31.2 Å². The van der Waals surface area contributed by atoms with Crippen molar-refractivity contribution in [3.05, 3.63) is 65.6 Å². The molecular weight excluding hydrogens is 330 g/mol. The van der Waals surface area contributed by atoms with Gasteiger partial charge in [-0.15, -0.1) is 0 Å². The molecule has 3 heterocycles. The van der Waals surface area contributed by atoms with Crippen molar-refractivity contribution >= 4 is 23.3 Å². The van der Waals surface area contributed by atoms with E-state index in [-0.39, 0.29) is 18.0 Å². The molecule has 128 valence electrons. The molecule has 7 heteroatoms. The highest BCUT2D eigenvalue weighted by molar-refractivity contribution is 6.09. The number of pyridine rings is 1. The predicted octanol–water partition coefficient (Wildman–Crippen LogP) is 2.17. The molecule has 0 saturated heterocycles. The van der Waals surface area contributed by atoms with Crippen LogP contribution < -0.4 is 10.6 Å². The normalized spacial score (nSPS) is 13.0. The Bertz CT molecular complexity index is 1020. The van der Waals surface area contributed by atoms with Gasteiger partial charge < -0.3 is 5.73 Å². The second-order valence-electron chi connectivity index (χ2n) is 6.04. The maximum absolute atomic E-state index is 12.6. The zero-order chi connectivity index (χ0) is 18.3. The summed E-state index contributed by atoms with van der Waals surface area (Å²) in [7, 11) is 0. The van der Waals surface area contributed by atoms with Crippen LogP contribution in [0.3, 0.4) is 0 Å². The zero-order valence-corrected chi connectivity index (χ0v) is 14.0. The van der Waals surface area contributed by atoms with E-state index in [1.54, 1.807) is 24.5 Å². The number of carbonyl (C=O) groups excluding carboxylic acids is 2. The second kappa shape index (κ2) is 6.03. The molecule has 1 aliphatic heterocycles. The lowest BCUT2D eigenvalue weighted by Crippen LogP contribution is -2.21. The summed E-state index contributed by atoms with van der Waals surface area (Å²) in [6, 6.07) is 11.0. The number of nitrogens with two attached hydrogens (primary N) is 1. The van der Waals surface area contributed by atoms with Crippen molar-refractivity contribution in [1.29, 1.82) is 0 Å². The Morgan fingerprint density at radius 2 is 1.77 bits per heavy atom. The first-order chi connectivity index (χ1) is 12.5. The van der Waals surface area contributed by atoms with Crippen molar-refractivity contribution in [2.75, 3.05) is 4.90 Å². The van der Waals surface area contributed by atoms with Gasteiger partial charge in [0.2, 0.25) is 5.91 Å². The Hall–Kier alpha value is -3.61. The first-order valence-electron chi connectivity index (χ1n) is 8.05. The summed E-state index contributed by atoms with van der Waals surface area (Å²) in [6.07, 6.45) is 3.26. The van der Waals surface area contributed by atoms with E-state index < -0.39 is 5.91 Å². The topological polar surface area (TPSA) is 102 Å². The molecule has 2 amide bonds. The van der Waals surface area contributed by atoms with E-state index in [4.69, 9.17) is 5.73 Å². The van der Waals surface area contributed by atoms with Crippen LogP contribution in [0.15, 0.2) is 48.8 Å². The van der Waals surface area contributed by atoms with Crippen LogP contribution in [0.25, 0.3) is 11.4 Å². The average molecular weight is 345 g/mol. The van der Waals surface area contributed by atoms with E-state index in [0.29, 0.717) is 28.5 Å². The molecule has 0 unspecified atom stereocenters. The van der Waals surface area contributed by atoms with Crippen LogP contribution in [0.2, 0.25) is 0 Å². The number of primary amides is 1. The third-order valence-electron chi connectivity index (χ3n) is 4.24. The highest BCUT2D eigenvalue weighted by Gasteiger charge is 2.35. The molecule has 2 aromatic heterocycles. The van der Waals surface area contributed by atoms with Crippen LogP contribution in [0.4, 0.5) is 11.5 Å². The number of amides is 2. The molecule has 1 aliphatic rings. The summed E-state index contributed by atoms with van der Waals surface area (Å²) in [6.45, 7) is 1.97. The Balaban J connectivity index is 1.92. The lowest BCUT2D eigenvalue weighted by molar-refractivity contribution is -0.116. The molecule has 0 atom stereocenters. The van der Waals surface area contributed by atoms with Crippen molar-refractivity contribution < 1.29 is 9.59 Å².